The lowest BCUT2D eigenvalue weighted by molar-refractivity contribution is -0.121. The van der Waals surface area contributed by atoms with Crippen molar-refractivity contribution < 1.29 is 18.7 Å². The first-order valence-corrected chi connectivity index (χ1v) is 13.4. The Labute approximate surface area is 224 Å². The summed E-state index contributed by atoms with van der Waals surface area (Å²) in [5, 5.41) is 0. The second-order valence-corrected chi connectivity index (χ2v) is 10.5. The van der Waals surface area contributed by atoms with Gasteiger partial charge in [-0.25, -0.2) is 9.37 Å². The Morgan fingerprint density at radius 1 is 1.16 bits per heavy atom. The van der Waals surface area contributed by atoms with Crippen molar-refractivity contribution in [1.29, 1.82) is 0 Å². The molecule has 2 unspecified atom stereocenters. The maximum absolute atomic E-state index is 13.7. The van der Waals surface area contributed by atoms with Crippen LogP contribution < -0.4 is 4.74 Å². The van der Waals surface area contributed by atoms with Gasteiger partial charge in [0.2, 0.25) is 0 Å². The predicted molar refractivity (Wildman–Crippen MR) is 147 cm³/mol. The molecule has 0 amide bonds. The third kappa shape index (κ3) is 5.81. The van der Waals surface area contributed by atoms with Crippen LogP contribution in [0.15, 0.2) is 72.7 Å². The van der Waals surface area contributed by atoms with Crippen LogP contribution in [0.2, 0.25) is 0 Å². The van der Waals surface area contributed by atoms with E-state index in [0.29, 0.717) is 32.0 Å². The number of aromatic nitrogens is 2. The fourth-order valence-corrected chi connectivity index (χ4v) is 5.76. The molecule has 3 aromatic rings. The smallest absolute Gasteiger partial charge is 0.143 e. The predicted octanol–water partition coefficient (Wildman–Crippen LogP) is 6.78. The van der Waals surface area contributed by atoms with Gasteiger partial charge in [0.05, 0.1) is 31.4 Å². The number of imidazole rings is 1. The zero-order valence-corrected chi connectivity index (χ0v) is 22.2. The normalized spacial score (nSPS) is 24.0. The molecule has 0 saturated carbocycles. The molecule has 2 atom stereocenters. The van der Waals surface area contributed by atoms with E-state index in [9.17, 15) is 9.18 Å². The highest BCUT2D eigenvalue weighted by Crippen LogP contribution is 2.40. The van der Waals surface area contributed by atoms with Gasteiger partial charge in [0.25, 0.3) is 0 Å². The van der Waals surface area contributed by atoms with Crippen LogP contribution in [-0.2, 0) is 14.9 Å². The first kappa shape index (κ1) is 26.1. The van der Waals surface area contributed by atoms with Gasteiger partial charge in [-0.15, -0.1) is 0 Å². The van der Waals surface area contributed by atoms with Gasteiger partial charge in [0.15, 0.2) is 0 Å². The van der Waals surface area contributed by atoms with Gasteiger partial charge in [0, 0.05) is 31.1 Å². The number of benzene rings is 2. The van der Waals surface area contributed by atoms with E-state index in [0.717, 1.165) is 53.9 Å². The van der Waals surface area contributed by atoms with Crippen LogP contribution in [-0.4, -0.2) is 35.7 Å². The molecule has 2 bridgehead atoms. The van der Waals surface area contributed by atoms with Gasteiger partial charge >= 0.3 is 0 Å². The molecule has 2 heterocycles. The minimum absolute atomic E-state index is 0.228. The summed E-state index contributed by atoms with van der Waals surface area (Å²) in [5.74, 6) is 1.07. The summed E-state index contributed by atoms with van der Waals surface area (Å²) in [5.41, 5.74) is 4.76. The molecule has 6 heteroatoms. The molecular weight excluding hydrogens is 479 g/mol. The van der Waals surface area contributed by atoms with E-state index in [4.69, 9.17) is 9.47 Å². The van der Waals surface area contributed by atoms with Crippen LogP contribution in [0.4, 0.5) is 4.39 Å². The minimum atomic E-state index is -0.412. The molecule has 1 aromatic heterocycles. The molecule has 38 heavy (non-hydrogen) atoms. The van der Waals surface area contributed by atoms with E-state index >= 15 is 0 Å². The van der Waals surface area contributed by atoms with Crippen LogP contribution >= 0.6 is 0 Å². The van der Waals surface area contributed by atoms with Crippen molar-refractivity contribution in [2.45, 2.75) is 50.9 Å². The monoisotopic (exact) mass is 514 g/mol. The number of hydrogen-bond acceptors (Lipinski definition) is 4. The van der Waals surface area contributed by atoms with Gasteiger partial charge in [-0.05, 0) is 79.5 Å². The third-order valence-corrected chi connectivity index (χ3v) is 7.89. The Balaban J connectivity index is 1.41. The van der Waals surface area contributed by atoms with E-state index in [1.165, 1.54) is 17.7 Å². The Hall–Kier alpha value is -3.51. The number of hydrogen-bond donors (Lipinski definition) is 0. The third-order valence-electron chi connectivity index (χ3n) is 7.89. The average Bonchev–Trinajstić information content (AvgIpc) is 3.34. The number of halogens is 1. The van der Waals surface area contributed by atoms with Crippen molar-refractivity contribution in [1.82, 2.24) is 9.55 Å². The van der Waals surface area contributed by atoms with Gasteiger partial charge in [-0.3, -0.25) is 4.79 Å². The van der Waals surface area contributed by atoms with Crippen LogP contribution in [0.5, 0.6) is 5.75 Å². The quantitative estimate of drug-likeness (QED) is 0.377. The van der Waals surface area contributed by atoms with Gasteiger partial charge in [-0.1, -0.05) is 36.4 Å². The second kappa shape index (κ2) is 11.5. The highest BCUT2D eigenvalue weighted by Gasteiger charge is 2.37. The summed E-state index contributed by atoms with van der Waals surface area (Å²) in [4.78, 5) is 17.4. The molecule has 0 N–H and O–H groups in total. The number of carbonyl (C=O) groups is 1. The van der Waals surface area contributed by atoms with Crippen molar-refractivity contribution in [2.24, 2.45) is 5.92 Å². The van der Waals surface area contributed by atoms with Crippen molar-refractivity contribution >= 4 is 11.9 Å². The van der Waals surface area contributed by atoms with Crippen LogP contribution in [0.1, 0.15) is 55.3 Å². The number of aryl methyl sites for hydroxylation is 1. The van der Waals surface area contributed by atoms with Crippen LogP contribution in [0, 0.1) is 18.7 Å². The minimum Gasteiger partial charge on any atom is -0.495 e. The fraction of sp³-hybridized carbons (Fsp3) is 0.375. The van der Waals surface area contributed by atoms with E-state index in [1.807, 2.05) is 42.0 Å². The highest BCUT2D eigenvalue weighted by atomic mass is 19.1. The van der Waals surface area contributed by atoms with Crippen LogP contribution in [0.3, 0.4) is 0 Å². The molecule has 1 aliphatic carbocycles. The number of rotatable bonds is 5. The standard InChI is InChI=1S/C32H35FN2O3/c1-23-20-35(22-34-23)30-13-7-24(18-31(30)37-2)6-8-25-4-3-5-29(36)19-32(27-9-11-28(33)12-10-27)16-14-26(25)15-17-38-21-32/h4,6-13,18,20,22,26H,3,5,14-17,19,21H2,1-2H3/b8-6+,25-4-. The summed E-state index contributed by atoms with van der Waals surface area (Å²) in [6.07, 6.45) is 14.7. The Bertz CT molecular complexity index is 1340. The second-order valence-electron chi connectivity index (χ2n) is 10.5. The fourth-order valence-electron chi connectivity index (χ4n) is 5.76. The van der Waals surface area contributed by atoms with Crippen molar-refractivity contribution in [2.75, 3.05) is 20.3 Å². The van der Waals surface area contributed by atoms with Gasteiger partial charge < -0.3 is 14.0 Å². The summed E-state index contributed by atoms with van der Waals surface area (Å²) >= 11 is 0. The van der Waals surface area contributed by atoms with Gasteiger partial charge in [0.1, 0.15) is 17.3 Å². The van der Waals surface area contributed by atoms with E-state index in [-0.39, 0.29) is 11.6 Å². The van der Waals surface area contributed by atoms with Gasteiger partial charge in [-0.2, -0.15) is 0 Å². The van der Waals surface area contributed by atoms with Crippen molar-refractivity contribution in [3.8, 4) is 11.4 Å². The topological polar surface area (TPSA) is 53.4 Å². The molecular formula is C32H35FN2O3. The number of fused-ring (bicyclic) bond motifs is 3. The SMILES string of the molecule is COc1cc(/C=C/C2=C/CCC(=O)CC3(c4ccc(F)cc4)CCC2CCOC3)ccc1-n1cnc(C)c1. The number of carbonyl (C=O) groups excluding carboxylic acids is 1. The molecule has 198 valence electrons. The Morgan fingerprint density at radius 2 is 2.00 bits per heavy atom. The lowest BCUT2D eigenvalue weighted by Gasteiger charge is -2.38. The summed E-state index contributed by atoms with van der Waals surface area (Å²) < 4.78 is 27.5. The first-order valence-electron chi connectivity index (χ1n) is 13.4. The van der Waals surface area contributed by atoms with E-state index in [1.54, 1.807) is 13.4 Å². The zero-order chi connectivity index (χ0) is 26.5. The molecule has 1 fully saturated rings. The molecule has 1 aliphatic heterocycles. The summed E-state index contributed by atoms with van der Waals surface area (Å²) in [6, 6.07) is 12.8. The number of ketones is 1. The number of ether oxygens (including phenoxy) is 2. The average molecular weight is 515 g/mol. The number of nitrogens with zero attached hydrogens (tertiary/aromatic N) is 2. The molecule has 5 rings (SSSR count). The maximum atomic E-state index is 13.7. The van der Waals surface area contributed by atoms with Crippen LogP contribution in [0.25, 0.3) is 11.8 Å². The molecule has 2 aliphatic rings. The highest BCUT2D eigenvalue weighted by molar-refractivity contribution is 5.80. The number of methoxy groups -OCH3 is 1. The maximum Gasteiger partial charge on any atom is 0.143 e. The van der Waals surface area contributed by atoms with E-state index < -0.39 is 5.41 Å². The summed E-state index contributed by atoms with van der Waals surface area (Å²) in [7, 11) is 1.68. The molecule has 1 saturated heterocycles. The van der Waals surface area contributed by atoms with E-state index in [2.05, 4.69) is 29.3 Å². The largest absolute Gasteiger partial charge is 0.495 e. The molecule has 2 aromatic carbocycles. The summed E-state index contributed by atoms with van der Waals surface area (Å²) in [6.45, 7) is 3.10. The Kier molecular flexibility index (Phi) is 7.89. The molecule has 0 radical (unpaired) electrons. The first-order chi connectivity index (χ1) is 18.5. The zero-order valence-electron chi connectivity index (χ0n) is 22.2. The number of Topliss-reactive ketones (excluding diaryl/α,β-unsaturated/α-hetero) is 1. The molecule has 0 spiro atoms. The van der Waals surface area contributed by atoms with Crippen molar-refractivity contribution in [3.63, 3.8) is 0 Å². The lowest BCUT2D eigenvalue weighted by atomic mass is 9.70. The van der Waals surface area contributed by atoms with Crippen molar-refractivity contribution in [3.05, 3.63) is 95.4 Å². The lowest BCUT2D eigenvalue weighted by Crippen LogP contribution is -2.37. The molecule has 5 nitrogen and oxygen atoms in total. The number of allylic oxidation sites excluding steroid dienone is 3. The Morgan fingerprint density at radius 3 is 2.76 bits per heavy atom.